The molecular weight excluding hydrogens is 619 g/mol. The summed E-state index contributed by atoms with van der Waals surface area (Å²) in [4.78, 5) is 0. The van der Waals surface area contributed by atoms with Gasteiger partial charge in [-0.2, -0.15) is 0 Å². The van der Waals surface area contributed by atoms with Crippen molar-refractivity contribution in [1.82, 2.24) is 0 Å². The normalized spacial score (nSPS) is 17.7. The monoisotopic (exact) mass is 658 g/mol. The maximum absolute atomic E-state index is 5.42. The van der Waals surface area contributed by atoms with Crippen LogP contribution in [0, 0.1) is 12.8 Å². The Kier molecular flexibility index (Phi) is 8.80. The number of fused-ring (bicyclic) bond motifs is 2. The first kappa shape index (κ1) is 31.6. The van der Waals surface area contributed by atoms with Gasteiger partial charge in [0.15, 0.2) is 0 Å². The van der Waals surface area contributed by atoms with Crippen molar-refractivity contribution in [3.63, 3.8) is 0 Å². The van der Waals surface area contributed by atoms with Gasteiger partial charge in [0.1, 0.15) is 0 Å². The van der Waals surface area contributed by atoms with E-state index in [1.165, 1.54) is 55.6 Å². The quantitative estimate of drug-likeness (QED) is 0.200. The molecule has 0 aliphatic heterocycles. The van der Waals surface area contributed by atoms with Crippen molar-refractivity contribution in [2.75, 3.05) is 0 Å². The third kappa shape index (κ3) is 5.14. The fraction of sp³-hybridized carbons (Fsp3) is 0.237. The standard InChI is InChI=1S/C18H17.C17H15.2CH3.CH2.2ClH.Zr/c1-13(2)16-11-15-9-6-10-17(18(15)12-16)14-7-4-3-5-8-14;1-12-10-16-13(2)8-9-15(17(16)11-12)14-6-4-3-5-7-14;;;;;;/h3-13H,1-2H3;3-11H,1-2H3;2*1H3;1H2;2*1H;. The van der Waals surface area contributed by atoms with Crippen LogP contribution in [0.4, 0.5) is 0 Å². The van der Waals surface area contributed by atoms with E-state index in [-0.39, 0.29) is 24.8 Å². The van der Waals surface area contributed by atoms with E-state index in [2.05, 4.69) is 140 Å². The van der Waals surface area contributed by atoms with E-state index >= 15 is 0 Å². The zero-order valence-corrected chi connectivity index (χ0v) is 29.2. The summed E-state index contributed by atoms with van der Waals surface area (Å²) >= 11 is -3.90. The Morgan fingerprint density at radius 2 is 1.20 bits per heavy atom. The Hall–Kier alpha value is -2.31. The molecule has 2 aliphatic carbocycles. The molecule has 2 atom stereocenters. The summed E-state index contributed by atoms with van der Waals surface area (Å²) < 4.78 is 11.5. The van der Waals surface area contributed by atoms with Crippen molar-refractivity contribution >= 4 is 41.2 Å². The molecule has 212 valence electrons. The molecule has 0 N–H and O–H groups in total. The summed E-state index contributed by atoms with van der Waals surface area (Å²) in [6.07, 6.45) is 5.04. The summed E-state index contributed by atoms with van der Waals surface area (Å²) in [6.45, 7) is 9.44. The van der Waals surface area contributed by atoms with Gasteiger partial charge in [0.05, 0.1) is 0 Å². The first-order valence-electron chi connectivity index (χ1n) is 14.4. The summed E-state index contributed by atoms with van der Waals surface area (Å²) in [5, 5.41) is 0. The van der Waals surface area contributed by atoms with Crippen molar-refractivity contribution < 1.29 is 18.3 Å². The molecule has 6 rings (SSSR count). The SMILES string of the molecule is Cl.Cl.[CH2]=[Zr]([CH3])([CH3])([CH]1C(C(C)C)=Cc2c(-c3ccccc3)cccc21)[CH]1C(C)=Cc2c(-c3ccccc3)ccc(C)c21. The van der Waals surface area contributed by atoms with Crippen molar-refractivity contribution in [2.24, 2.45) is 5.92 Å². The summed E-state index contributed by atoms with van der Waals surface area (Å²) in [5.41, 5.74) is 15.7. The van der Waals surface area contributed by atoms with Gasteiger partial charge in [-0.15, -0.1) is 24.8 Å². The molecule has 0 saturated heterocycles. The van der Waals surface area contributed by atoms with Gasteiger partial charge >= 0.3 is 237 Å². The average molecular weight is 661 g/mol. The van der Waals surface area contributed by atoms with Gasteiger partial charge in [0, 0.05) is 0 Å². The number of halogens is 2. The molecule has 0 aromatic heterocycles. The zero-order valence-electron chi connectivity index (χ0n) is 25.1. The molecule has 0 heterocycles. The van der Waals surface area contributed by atoms with Crippen molar-refractivity contribution in [2.45, 2.75) is 44.2 Å². The van der Waals surface area contributed by atoms with Crippen LogP contribution in [0.2, 0.25) is 9.26 Å². The van der Waals surface area contributed by atoms with Gasteiger partial charge in [-0.1, -0.05) is 0 Å². The molecule has 0 fully saturated rings. The van der Waals surface area contributed by atoms with Crippen LogP contribution in [0.3, 0.4) is 0 Å². The molecule has 4 aromatic carbocycles. The topological polar surface area (TPSA) is 0 Å². The summed E-state index contributed by atoms with van der Waals surface area (Å²) in [5.74, 6) is 0.474. The first-order valence-corrected chi connectivity index (χ1v) is 23.9. The summed E-state index contributed by atoms with van der Waals surface area (Å²) in [6, 6.07) is 33.4. The van der Waals surface area contributed by atoms with Gasteiger partial charge in [-0.3, -0.25) is 0 Å². The van der Waals surface area contributed by atoms with Crippen LogP contribution in [0.1, 0.15) is 55.8 Å². The van der Waals surface area contributed by atoms with Gasteiger partial charge < -0.3 is 0 Å². The van der Waals surface area contributed by atoms with E-state index in [4.69, 9.17) is 4.21 Å². The van der Waals surface area contributed by atoms with Crippen molar-refractivity contribution in [1.29, 1.82) is 0 Å². The Bertz CT molecular complexity index is 1720. The number of hydrogen-bond donors (Lipinski definition) is 0. The minimum absolute atomic E-state index is 0. The Morgan fingerprint density at radius 3 is 1.76 bits per heavy atom. The van der Waals surface area contributed by atoms with E-state index in [1.807, 2.05) is 0 Å². The first-order chi connectivity index (χ1) is 18.6. The number of aryl methyl sites for hydroxylation is 1. The maximum atomic E-state index is 5.42. The molecule has 0 nitrogen and oxygen atoms in total. The molecule has 2 aliphatic rings. The van der Waals surface area contributed by atoms with Gasteiger partial charge in [-0.25, -0.2) is 0 Å². The molecule has 0 bridgehead atoms. The van der Waals surface area contributed by atoms with E-state index < -0.39 is 18.3 Å². The fourth-order valence-electron chi connectivity index (χ4n) is 7.93. The molecule has 4 aromatic rings. The Balaban J connectivity index is 0.00000194. The van der Waals surface area contributed by atoms with Gasteiger partial charge in [-0.05, 0) is 0 Å². The molecule has 0 spiro atoms. The average Bonchev–Trinajstić information content (AvgIpc) is 3.50. The van der Waals surface area contributed by atoms with E-state index in [1.54, 1.807) is 5.57 Å². The molecule has 0 radical (unpaired) electrons. The molecule has 0 saturated carbocycles. The molecule has 3 heteroatoms. The Labute approximate surface area is 260 Å². The van der Waals surface area contributed by atoms with Crippen LogP contribution in [-0.4, -0.2) is 4.21 Å². The third-order valence-corrected chi connectivity index (χ3v) is 22.2. The van der Waals surface area contributed by atoms with E-state index in [9.17, 15) is 0 Å². The van der Waals surface area contributed by atoms with Crippen LogP contribution in [-0.2, 0) is 18.3 Å². The van der Waals surface area contributed by atoms with Crippen LogP contribution >= 0.6 is 24.8 Å². The third-order valence-electron chi connectivity index (χ3n) is 9.45. The second-order valence-electron chi connectivity index (χ2n) is 13.3. The zero-order chi connectivity index (χ0) is 27.6. The number of benzene rings is 4. The predicted molar refractivity (Wildman–Crippen MR) is 184 cm³/mol. The van der Waals surface area contributed by atoms with Gasteiger partial charge in [0.25, 0.3) is 0 Å². The van der Waals surface area contributed by atoms with Crippen molar-refractivity contribution in [3.05, 3.63) is 130 Å². The number of hydrogen-bond acceptors (Lipinski definition) is 0. The predicted octanol–water partition coefficient (Wildman–Crippen LogP) is 11.6. The van der Waals surface area contributed by atoms with Crippen LogP contribution in [0.25, 0.3) is 34.4 Å². The van der Waals surface area contributed by atoms with Crippen molar-refractivity contribution in [3.8, 4) is 22.3 Å². The number of allylic oxidation sites excluding steroid dienone is 2. The van der Waals surface area contributed by atoms with E-state index in [0.717, 1.165) is 0 Å². The van der Waals surface area contributed by atoms with Crippen LogP contribution < -0.4 is 0 Å². The van der Waals surface area contributed by atoms with Crippen LogP contribution in [0.15, 0.2) is 102 Å². The second kappa shape index (κ2) is 11.4. The molecular formula is C38H42Cl2Zr. The van der Waals surface area contributed by atoms with Gasteiger partial charge in [0.2, 0.25) is 0 Å². The molecule has 41 heavy (non-hydrogen) atoms. The Morgan fingerprint density at radius 1 is 0.634 bits per heavy atom. The second-order valence-corrected chi connectivity index (χ2v) is 30.6. The molecule has 0 amide bonds. The molecule has 2 unspecified atom stereocenters. The number of rotatable bonds is 5. The fourth-order valence-corrected chi connectivity index (χ4v) is 22.8. The summed E-state index contributed by atoms with van der Waals surface area (Å²) in [7, 11) is 0. The minimum atomic E-state index is -3.90. The van der Waals surface area contributed by atoms with Crippen LogP contribution in [0.5, 0.6) is 0 Å². The van der Waals surface area contributed by atoms with E-state index in [0.29, 0.717) is 13.2 Å².